The first kappa shape index (κ1) is 26.9. The summed E-state index contributed by atoms with van der Waals surface area (Å²) in [5.41, 5.74) is -1.35. The fourth-order valence-electron chi connectivity index (χ4n) is 3.51. The third-order valence-electron chi connectivity index (χ3n) is 4.96. The average Bonchev–Trinajstić information content (AvgIpc) is 2.65. The van der Waals surface area contributed by atoms with Gasteiger partial charge in [0.25, 0.3) is 11.4 Å². The van der Waals surface area contributed by atoms with E-state index in [-0.39, 0.29) is 58.6 Å². The van der Waals surface area contributed by atoms with Crippen LogP contribution in [0.3, 0.4) is 0 Å². The molecule has 2 aromatic rings. The van der Waals surface area contributed by atoms with Crippen LogP contribution >= 0.6 is 23.2 Å². The zero-order valence-electron chi connectivity index (χ0n) is 18.6. The minimum absolute atomic E-state index is 0.158. The molecule has 2 aromatic carbocycles. The fourth-order valence-corrected chi connectivity index (χ4v) is 3.83. The molecule has 0 aliphatic rings. The molecule has 7 nitrogen and oxygen atoms in total. The molecule has 0 aromatic heterocycles. The maximum Gasteiger partial charge on any atom is 0.274 e. The van der Waals surface area contributed by atoms with Crippen LogP contribution in [0.15, 0.2) is 24.3 Å². The first-order valence-electron chi connectivity index (χ1n) is 9.94. The molecule has 0 spiro atoms. The number of nitro benzene ring substituents is 2. The molecular weight excluding hydrogens is 481 g/mol. The van der Waals surface area contributed by atoms with Crippen LogP contribution in [0.5, 0.6) is 0 Å². The summed E-state index contributed by atoms with van der Waals surface area (Å²) in [6.45, 7) is 7.61. The summed E-state index contributed by atoms with van der Waals surface area (Å²) >= 11 is 11.3. The molecule has 0 radical (unpaired) electrons. The van der Waals surface area contributed by atoms with Gasteiger partial charge in [0.1, 0.15) is 11.6 Å². The second-order valence-electron chi connectivity index (χ2n) is 9.48. The number of ether oxygens (including phenoxy) is 1. The molecule has 0 N–H and O–H groups in total. The molecule has 2 rings (SSSR count). The normalized spacial score (nSPS) is 12.1. The van der Waals surface area contributed by atoms with Crippen molar-refractivity contribution in [2.45, 2.75) is 40.5 Å². The lowest BCUT2D eigenvalue weighted by Crippen LogP contribution is -2.28. The molecule has 0 heterocycles. The van der Waals surface area contributed by atoms with E-state index in [0.29, 0.717) is 0 Å². The summed E-state index contributed by atoms with van der Waals surface area (Å²) in [5.74, 6) is -1.49. The van der Waals surface area contributed by atoms with Gasteiger partial charge in [-0.25, -0.2) is 8.78 Å². The van der Waals surface area contributed by atoms with E-state index in [4.69, 9.17) is 27.9 Å². The Kier molecular flexibility index (Phi) is 8.37. The van der Waals surface area contributed by atoms with Crippen molar-refractivity contribution in [2.24, 2.45) is 10.8 Å². The Hall–Kier alpha value is -2.36. The molecular formula is C22H24Cl2F2N2O5. The van der Waals surface area contributed by atoms with Gasteiger partial charge < -0.3 is 4.74 Å². The van der Waals surface area contributed by atoms with Crippen molar-refractivity contribution in [1.82, 2.24) is 0 Å². The van der Waals surface area contributed by atoms with Crippen LogP contribution in [0, 0.1) is 42.7 Å². The highest BCUT2D eigenvalue weighted by molar-refractivity contribution is 6.31. The van der Waals surface area contributed by atoms with Gasteiger partial charge in [0.2, 0.25) is 0 Å². The number of benzene rings is 2. The summed E-state index contributed by atoms with van der Waals surface area (Å²) < 4.78 is 33.6. The first-order valence-corrected chi connectivity index (χ1v) is 10.7. The molecule has 0 bridgehead atoms. The van der Waals surface area contributed by atoms with E-state index in [1.807, 2.05) is 27.7 Å². The number of nitrogens with zero attached hydrogens (tertiary/aromatic N) is 2. The highest BCUT2D eigenvalue weighted by atomic mass is 35.5. The number of hydrogen-bond donors (Lipinski definition) is 0. The van der Waals surface area contributed by atoms with Crippen molar-refractivity contribution in [3.8, 4) is 0 Å². The van der Waals surface area contributed by atoms with Crippen molar-refractivity contribution in [1.29, 1.82) is 0 Å². The number of halogens is 4. The third-order valence-corrected chi connectivity index (χ3v) is 5.54. The van der Waals surface area contributed by atoms with Gasteiger partial charge in [-0.2, -0.15) is 0 Å². The van der Waals surface area contributed by atoms with Crippen LogP contribution in [0.1, 0.15) is 38.8 Å². The van der Waals surface area contributed by atoms with Crippen LogP contribution in [0.4, 0.5) is 20.2 Å². The Labute approximate surface area is 199 Å². The van der Waals surface area contributed by atoms with Gasteiger partial charge in [0, 0.05) is 23.3 Å². The summed E-state index contributed by atoms with van der Waals surface area (Å²) in [4.78, 5) is 21.4. The van der Waals surface area contributed by atoms with Crippen LogP contribution < -0.4 is 0 Å². The van der Waals surface area contributed by atoms with E-state index in [0.717, 1.165) is 24.3 Å². The lowest BCUT2D eigenvalue weighted by Gasteiger charge is -2.29. The maximum absolute atomic E-state index is 13.9. The van der Waals surface area contributed by atoms with Crippen LogP contribution in [-0.2, 0) is 17.6 Å². The molecule has 0 atom stereocenters. The monoisotopic (exact) mass is 504 g/mol. The van der Waals surface area contributed by atoms with Crippen molar-refractivity contribution >= 4 is 34.6 Å². The Morgan fingerprint density at radius 1 is 0.788 bits per heavy atom. The first-order chi connectivity index (χ1) is 15.1. The standard InChI is InChI=1S/C22H24Cl2F2N2O5/c1-21(2,9-13-5-17(25)15(23)7-19(13)27(29)30)11-33-12-22(3,4)10-14-6-18(26)16(24)8-20(14)28(31)32/h5-8H,9-12H2,1-4H3. The quantitative estimate of drug-likeness (QED) is 0.257. The molecule has 0 saturated carbocycles. The zero-order chi connectivity index (χ0) is 25.1. The molecule has 11 heteroatoms. The smallest absolute Gasteiger partial charge is 0.274 e. The molecule has 0 saturated heterocycles. The van der Waals surface area contributed by atoms with E-state index in [1.165, 1.54) is 0 Å². The third kappa shape index (κ3) is 7.31. The topological polar surface area (TPSA) is 95.5 Å². The van der Waals surface area contributed by atoms with E-state index in [1.54, 1.807) is 0 Å². The predicted octanol–water partition coefficient (Wildman–Crippen LogP) is 6.94. The number of nitro groups is 2. The summed E-state index contributed by atoms with van der Waals surface area (Å²) in [6, 6.07) is 4.09. The minimum Gasteiger partial charge on any atom is -0.380 e. The SMILES string of the molecule is CC(C)(COCC(C)(C)Cc1cc(F)c(Cl)cc1[N+](=O)[O-])Cc1cc(F)c(Cl)cc1[N+](=O)[O-]. The molecule has 0 fully saturated rings. The highest BCUT2D eigenvalue weighted by Gasteiger charge is 2.29. The average molecular weight is 505 g/mol. The number of hydrogen-bond acceptors (Lipinski definition) is 5. The van der Waals surface area contributed by atoms with Crippen LogP contribution in [0.2, 0.25) is 10.0 Å². The zero-order valence-corrected chi connectivity index (χ0v) is 20.1. The Bertz CT molecular complexity index is 994. The van der Waals surface area contributed by atoms with Crippen molar-refractivity contribution in [2.75, 3.05) is 13.2 Å². The summed E-state index contributed by atoms with van der Waals surface area (Å²) in [6.07, 6.45) is 0.317. The van der Waals surface area contributed by atoms with E-state index >= 15 is 0 Å². The fraction of sp³-hybridized carbons (Fsp3) is 0.455. The number of rotatable bonds is 10. The van der Waals surface area contributed by atoms with Crippen LogP contribution in [-0.4, -0.2) is 23.1 Å². The van der Waals surface area contributed by atoms with E-state index in [9.17, 15) is 29.0 Å². The van der Waals surface area contributed by atoms with E-state index < -0.39 is 32.3 Å². The summed E-state index contributed by atoms with van der Waals surface area (Å²) in [5, 5.41) is 22.0. The Morgan fingerprint density at radius 3 is 1.42 bits per heavy atom. The Morgan fingerprint density at radius 2 is 1.12 bits per heavy atom. The molecule has 180 valence electrons. The van der Waals surface area contributed by atoms with Gasteiger partial charge in [-0.05, 0) is 35.8 Å². The van der Waals surface area contributed by atoms with Gasteiger partial charge in [0.15, 0.2) is 0 Å². The largest absolute Gasteiger partial charge is 0.380 e. The molecule has 33 heavy (non-hydrogen) atoms. The van der Waals surface area contributed by atoms with Gasteiger partial charge in [-0.15, -0.1) is 0 Å². The van der Waals surface area contributed by atoms with Gasteiger partial charge >= 0.3 is 0 Å². The lowest BCUT2D eigenvalue weighted by atomic mass is 9.84. The highest BCUT2D eigenvalue weighted by Crippen LogP contribution is 2.34. The minimum atomic E-state index is -0.744. The van der Waals surface area contributed by atoms with Crippen molar-refractivity contribution in [3.63, 3.8) is 0 Å². The maximum atomic E-state index is 13.9. The second kappa shape index (κ2) is 10.3. The van der Waals surface area contributed by atoms with E-state index in [2.05, 4.69) is 0 Å². The predicted molar refractivity (Wildman–Crippen MR) is 122 cm³/mol. The van der Waals surface area contributed by atoms with Gasteiger partial charge in [-0.1, -0.05) is 50.9 Å². The summed E-state index contributed by atoms with van der Waals surface area (Å²) in [7, 11) is 0. The molecule has 0 unspecified atom stereocenters. The molecule has 0 amide bonds. The molecule has 0 aliphatic heterocycles. The van der Waals surface area contributed by atoms with Gasteiger partial charge in [0.05, 0.1) is 33.1 Å². The molecule has 0 aliphatic carbocycles. The Balaban J connectivity index is 2.09. The van der Waals surface area contributed by atoms with Crippen LogP contribution in [0.25, 0.3) is 0 Å². The van der Waals surface area contributed by atoms with Crippen molar-refractivity contribution < 1.29 is 23.4 Å². The van der Waals surface area contributed by atoms with Crippen molar-refractivity contribution in [3.05, 3.63) is 77.3 Å². The lowest BCUT2D eigenvalue weighted by molar-refractivity contribution is -0.385. The second-order valence-corrected chi connectivity index (χ2v) is 10.3. The van der Waals surface area contributed by atoms with Gasteiger partial charge in [-0.3, -0.25) is 20.2 Å².